The van der Waals surface area contributed by atoms with Crippen LogP contribution in [0.1, 0.15) is 15.9 Å². The number of nitro benzene ring substituents is 1. The number of rotatable bonds is 8. The molecule has 0 saturated heterocycles. The van der Waals surface area contributed by atoms with E-state index in [-0.39, 0.29) is 23.8 Å². The number of non-ortho nitro benzene ring substituents is 1. The van der Waals surface area contributed by atoms with E-state index in [1.54, 1.807) is 48.5 Å². The van der Waals surface area contributed by atoms with Crippen LogP contribution in [0.5, 0.6) is 5.75 Å². The molecule has 162 valence electrons. The molecule has 0 bridgehead atoms. The molecule has 2 amide bonds. The van der Waals surface area contributed by atoms with Crippen molar-refractivity contribution in [2.24, 2.45) is 5.10 Å². The lowest BCUT2D eigenvalue weighted by molar-refractivity contribution is -0.384. The summed E-state index contributed by atoms with van der Waals surface area (Å²) < 4.78 is 5.45. The lowest BCUT2D eigenvalue weighted by Crippen LogP contribution is -2.20. The summed E-state index contributed by atoms with van der Waals surface area (Å²) >= 11 is 5.88. The number of nitro groups is 1. The Kier molecular flexibility index (Phi) is 7.50. The second-order valence-corrected chi connectivity index (χ2v) is 6.86. The van der Waals surface area contributed by atoms with Crippen molar-refractivity contribution in [3.05, 3.63) is 99.1 Å². The largest absolute Gasteiger partial charge is 0.484 e. The average Bonchev–Trinajstić information content (AvgIpc) is 2.78. The molecule has 0 aliphatic heterocycles. The quantitative estimate of drug-likeness (QED) is 0.303. The zero-order valence-electron chi connectivity index (χ0n) is 16.5. The highest BCUT2D eigenvalue weighted by Crippen LogP contribution is 2.15. The minimum atomic E-state index is -0.543. The number of anilines is 1. The standard InChI is InChI=1S/C22H17ClN4O5/c23-17-2-1-3-18(12-17)25-21(28)14-32-20-10-4-15(5-11-20)13-24-26-22(29)16-6-8-19(9-7-16)27(30)31/h1-13H,14H2,(H,25,28)(H,26,29)/b24-13-. The second kappa shape index (κ2) is 10.7. The van der Waals surface area contributed by atoms with E-state index in [1.807, 2.05) is 0 Å². The molecule has 0 aromatic heterocycles. The highest BCUT2D eigenvalue weighted by molar-refractivity contribution is 6.30. The smallest absolute Gasteiger partial charge is 0.271 e. The lowest BCUT2D eigenvalue weighted by Gasteiger charge is -2.08. The molecule has 2 N–H and O–H groups in total. The Morgan fingerprint density at radius 2 is 1.78 bits per heavy atom. The van der Waals surface area contributed by atoms with Crippen LogP contribution in [0.2, 0.25) is 5.02 Å². The molecule has 0 fully saturated rings. The molecule has 10 heteroatoms. The molecule has 0 aliphatic carbocycles. The fraction of sp³-hybridized carbons (Fsp3) is 0.0455. The number of hydrazone groups is 1. The Morgan fingerprint density at radius 3 is 2.44 bits per heavy atom. The first-order valence-electron chi connectivity index (χ1n) is 9.27. The van der Waals surface area contributed by atoms with Crippen LogP contribution in [0.25, 0.3) is 0 Å². The Hall–Kier alpha value is -4.24. The number of hydrogen-bond donors (Lipinski definition) is 2. The number of halogens is 1. The molecule has 0 aliphatic rings. The number of carbonyl (C=O) groups is 2. The van der Waals surface area contributed by atoms with E-state index in [4.69, 9.17) is 16.3 Å². The Labute approximate surface area is 187 Å². The van der Waals surface area contributed by atoms with Crippen molar-refractivity contribution in [1.82, 2.24) is 5.43 Å². The maximum absolute atomic E-state index is 12.0. The van der Waals surface area contributed by atoms with E-state index in [9.17, 15) is 19.7 Å². The van der Waals surface area contributed by atoms with Crippen LogP contribution in [-0.2, 0) is 4.79 Å². The van der Waals surface area contributed by atoms with Crippen LogP contribution in [0, 0.1) is 10.1 Å². The maximum atomic E-state index is 12.0. The third kappa shape index (κ3) is 6.64. The van der Waals surface area contributed by atoms with E-state index in [0.29, 0.717) is 22.0 Å². The first-order chi connectivity index (χ1) is 15.4. The Morgan fingerprint density at radius 1 is 1.06 bits per heavy atom. The van der Waals surface area contributed by atoms with Gasteiger partial charge in [0.15, 0.2) is 6.61 Å². The highest BCUT2D eigenvalue weighted by atomic mass is 35.5. The van der Waals surface area contributed by atoms with Crippen molar-refractivity contribution in [3.63, 3.8) is 0 Å². The van der Waals surface area contributed by atoms with E-state index in [1.165, 1.54) is 30.5 Å². The van der Waals surface area contributed by atoms with Gasteiger partial charge in [-0.05, 0) is 60.2 Å². The van der Waals surface area contributed by atoms with Gasteiger partial charge >= 0.3 is 0 Å². The predicted octanol–water partition coefficient (Wildman–Crippen LogP) is 4.03. The molecule has 0 radical (unpaired) electrons. The summed E-state index contributed by atoms with van der Waals surface area (Å²) in [7, 11) is 0. The van der Waals surface area contributed by atoms with Crippen molar-refractivity contribution >= 4 is 41.0 Å². The van der Waals surface area contributed by atoms with E-state index < -0.39 is 10.8 Å². The maximum Gasteiger partial charge on any atom is 0.271 e. The van der Waals surface area contributed by atoms with Gasteiger partial charge in [0, 0.05) is 28.4 Å². The number of ether oxygens (including phenoxy) is 1. The van der Waals surface area contributed by atoms with Crippen LogP contribution < -0.4 is 15.5 Å². The fourth-order valence-corrected chi connectivity index (χ4v) is 2.72. The number of nitrogens with one attached hydrogen (secondary N) is 2. The summed E-state index contributed by atoms with van der Waals surface area (Å²) in [4.78, 5) is 34.1. The number of amides is 2. The summed E-state index contributed by atoms with van der Waals surface area (Å²) in [5, 5.41) is 17.7. The molecule has 0 unspecified atom stereocenters. The van der Waals surface area contributed by atoms with Crippen molar-refractivity contribution in [2.45, 2.75) is 0 Å². The second-order valence-electron chi connectivity index (χ2n) is 6.42. The van der Waals surface area contributed by atoms with Gasteiger partial charge in [0.05, 0.1) is 11.1 Å². The normalized spacial score (nSPS) is 10.5. The van der Waals surface area contributed by atoms with Gasteiger partial charge < -0.3 is 10.1 Å². The third-order valence-electron chi connectivity index (χ3n) is 4.08. The summed E-state index contributed by atoms with van der Waals surface area (Å²) in [5.41, 5.74) is 3.75. The summed E-state index contributed by atoms with van der Waals surface area (Å²) in [6, 6.07) is 18.7. The molecular formula is C22H17ClN4O5. The SMILES string of the molecule is O=C(COc1ccc(/C=N\NC(=O)c2ccc([N+](=O)[O-])cc2)cc1)Nc1cccc(Cl)c1. The van der Waals surface area contributed by atoms with Gasteiger partial charge in [-0.25, -0.2) is 5.43 Å². The number of carbonyl (C=O) groups excluding carboxylic acids is 2. The molecule has 32 heavy (non-hydrogen) atoms. The van der Waals surface area contributed by atoms with Gasteiger partial charge in [0.25, 0.3) is 17.5 Å². The lowest BCUT2D eigenvalue weighted by atomic mass is 10.2. The van der Waals surface area contributed by atoms with Crippen molar-refractivity contribution in [1.29, 1.82) is 0 Å². The topological polar surface area (TPSA) is 123 Å². The molecule has 0 atom stereocenters. The van der Waals surface area contributed by atoms with Crippen LogP contribution >= 0.6 is 11.6 Å². The van der Waals surface area contributed by atoms with Gasteiger partial charge in [-0.2, -0.15) is 5.10 Å². The number of nitrogens with zero attached hydrogens (tertiary/aromatic N) is 2. The van der Waals surface area contributed by atoms with Gasteiger partial charge in [0.1, 0.15) is 5.75 Å². The van der Waals surface area contributed by atoms with E-state index in [2.05, 4.69) is 15.8 Å². The molecular weight excluding hydrogens is 436 g/mol. The van der Waals surface area contributed by atoms with Gasteiger partial charge in [-0.1, -0.05) is 17.7 Å². The summed E-state index contributed by atoms with van der Waals surface area (Å²) in [6.07, 6.45) is 1.43. The molecule has 0 saturated carbocycles. The van der Waals surface area contributed by atoms with E-state index >= 15 is 0 Å². The average molecular weight is 453 g/mol. The molecule has 3 aromatic carbocycles. The molecule has 3 aromatic rings. The zero-order valence-corrected chi connectivity index (χ0v) is 17.3. The number of benzene rings is 3. The molecule has 0 heterocycles. The van der Waals surface area contributed by atoms with Crippen LogP contribution in [0.4, 0.5) is 11.4 Å². The number of hydrogen-bond acceptors (Lipinski definition) is 6. The van der Waals surface area contributed by atoms with Crippen molar-refractivity contribution in [2.75, 3.05) is 11.9 Å². The summed E-state index contributed by atoms with van der Waals surface area (Å²) in [5.74, 6) is -0.341. The third-order valence-corrected chi connectivity index (χ3v) is 4.31. The fourth-order valence-electron chi connectivity index (χ4n) is 2.53. The summed E-state index contributed by atoms with van der Waals surface area (Å²) in [6.45, 7) is -0.175. The van der Waals surface area contributed by atoms with E-state index in [0.717, 1.165) is 0 Å². The van der Waals surface area contributed by atoms with Crippen molar-refractivity contribution < 1.29 is 19.2 Å². The molecule has 3 rings (SSSR count). The highest BCUT2D eigenvalue weighted by Gasteiger charge is 2.08. The zero-order chi connectivity index (χ0) is 22.9. The van der Waals surface area contributed by atoms with Gasteiger partial charge in [-0.15, -0.1) is 0 Å². The van der Waals surface area contributed by atoms with Crippen molar-refractivity contribution in [3.8, 4) is 5.75 Å². The van der Waals surface area contributed by atoms with Gasteiger partial charge in [-0.3, -0.25) is 19.7 Å². The monoisotopic (exact) mass is 452 g/mol. The molecule has 9 nitrogen and oxygen atoms in total. The minimum Gasteiger partial charge on any atom is -0.484 e. The predicted molar refractivity (Wildman–Crippen MR) is 120 cm³/mol. The first-order valence-corrected chi connectivity index (χ1v) is 9.64. The minimum absolute atomic E-state index is 0.102. The Bertz CT molecular complexity index is 1150. The Balaban J connectivity index is 1.46. The molecule has 0 spiro atoms. The van der Waals surface area contributed by atoms with Gasteiger partial charge in [0.2, 0.25) is 0 Å². The van der Waals surface area contributed by atoms with Crippen LogP contribution in [0.15, 0.2) is 77.9 Å². The van der Waals surface area contributed by atoms with Crippen LogP contribution in [-0.4, -0.2) is 29.6 Å². The van der Waals surface area contributed by atoms with Crippen LogP contribution in [0.3, 0.4) is 0 Å². The first kappa shape index (κ1) is 22.4.